The summed E-state index contributed by atoms with van der Waals surface area (Å²) in [7, 11) is 1.54. The lowest BCUT2D eigenvalue weighted by atomic mass is 10.0. The fraction of sp³-hybridized carbons (Fsp3) is 0.333. The summed E-state index contributed by atoms with van der Waals surface area (Å²) >= 11 is 6.15. The Morgan fingerprint density at radius 3 is 2.63 bits per heavy atom. The first-order valence-electron chi connectivity index (χ1n) is 8.94. The van der Waals surface area contributed by atoms with E-state index < -0.39 is 6.04 Å². The van der Waals surface area contributed by atoms with Crippen molar-refractivity contribution in [1.29, 1.82) is 0 Å². The minimum Gasteiger partial charge on any atom is -0.495 e. The van der Waals surface area contributed by atoms with E-state index in [4.69, 9.17) is 16.3 Å². The number of nitrogens with one attached hydrogen (secondary N) is 1. The van der Waals surface area contributed by atoms with Gasteiger partial charge in [-0.1, -0.05) is 43.6 Å². The summed E-state index contributed by atoms with van der Waals surface area (Å²) in [5, 5.41) is 3.31. The zero-order valence-corrected chi connectivity index (χ0v) is 16.4. The molecule has 0 aromatic heterocycles. The Labute approximate surface area is 164 Å². The van der Waals surface area contributed by atoms with Crippen molar-refractivity contribution in [2.75, 3.05) is 12.4 Å². The molecule has 0 radical (unpaired) electrons. The Hall–Kier alpha value is -2.53. The molecule has 142 valence electrons. The highest BCUT2D eigenvalue weighted by molar-refractivity contribution is 6.32. The van der Waals surface area contributed by atoms with Crippen LogP contribution in [0.2, 0.25) is 5.02 Å². The molecule has 0 bridgehead atoms. The van der Waals surface area contributed by atoms with Gasteiger partial charge < -0.3 is 15.0 Å². The van der Waals surface area contributed by atoms with Crippen LogP contribution in [0.1, 0.15) is 36.2 Å². The second kappa shape index (κ2) is 8.01. The number of fused-ring (bicyclic) bond motifs is 1. The first-order chi connectivity index (χ1) is 12.9. The molecule has 1 N–H and O–H groups in total. The lowest BCUT2D eigenvalue weighted by Crippen LogP contribution is -2.45. The van der Waals surface area contributed by atoms with Crippen molar-refractivity contribution in [3.05, 3.63) is 58.6 Å². The van der Waals surface area contributed by atoms with Crippen molar-refractivity contribution in [2.24, 2.45) is 5.92 Å². The van der Waals surface area contributed by atoms with E-state index in [-0.39, 0.29) is 17.7 Å². The van der Waals surface area contributed by atoms with Crippen LogP contribution >= 0.6 is 11.6 Å². The number of ether oxygens (including phenoxy) is 1. The fourth-order valence-electron chi connectivity index (χ4n) is 3.32. The first-order valence-corrected chi connectivity index (χ1v) is 9.31. The topological polar surface area (TPSA) is 58.6 Å². The van der Waals surface area contributed by atoms with E-state index in [1.807, 2.05) is 38.1 Å². The third-order valence-electron chi connectivity index (χ3n) is 4.64. The number of benzene rings is 2. The number of nitrogens with zero attached hydrogens (tertiary/aromatic N) is 1. The Balaban J connectivity index is 1.82. The maximum Gasteiger partial charge on any atom is 0.255 e. The van der Waals surface area contributed by atoms with Crippen molar-refractivity contribution in [1.82, 2.24) is 4.90 Å². The maximum absolute atomic E-state index is 13.0. The Bertz CT molecular complexity index is 866. The number of amides is 2. The number of halogens is 1. The third kappa shape index (κ3) is 4.08. The maximum atomic E-state index is 13.0. The van der Waals surface area contributed by atoms with Crippen LogP contribution in [0, 0.1) is 5.92 Å². The van der Waals surface area contributed by atoms with Gasteiger partial charge in [0.05, 0.1) is 12.1 Å². The second-order valence-corrected chi connectivity index (χ2v) is 7.48. The molecule has 0 aliphatic carbocycles. The second-order valence-electron chi connectivity index (χ2n) is 7.07. The van der Waals surface area contributed by atoms with Gasteiger partial charge in [0.1, 0.15) is 11.8 Å². The monoisotopic (exact) mass is 386 g/mol. The number of carbonyl (C=O) groups is 2. The number of hydrogen-bond donors (Lipinski definition) is 1. The van der Waals surface area contributed by atoms with Crippen molar-refractivity contribution in [2.45, 2.75) is 32.9 Å². The normalized spacial score (nSPS) is 14.3. The predicted molar refractivity (Wildman–Crippen MR) is 106 cm³/mol. The molecule has 1 atom stereocenters. The summed E-state index contributed by atoms with van der Waals surface area (Å²) in [6, 6.07) is 12.0. The molecule has 1 heterocycles. The van der Waals surface area contributed by atoms with E-state index in [1.165, 1.54) is 7.11 Å². The minimum atomic E-state index is -0.550. The summed E-state index contributed by atoms with van der Waals surface area (Å²) in [6.07, 6.45) is 0.579. The Kier molecular flexibility index (Phi) is 5.71. The molecule has 2 aromatic rings. The predicted octanol–water partition coefficient (Wildman–Crippen LogP) is 4.36. The van der Waals surface area contributed by atoms with Crippen molar-refractivity contribution in [3.8, 4) is 5.75 Å². The lowest BCUT2D eigenvalue weighted by Gasteiger charge is -2.28. The summed E-state index contributed by atoms with van der Waals surface area (Å²) in [5.41, 5.74) is 2.20. The van der Waals surface area contributed by atoms with Crippen molar-refractivity contribution >= 4 is 29.1 Å². The summed E-state index contributed by atoms with van der Waals surface area (Å²) in [6.45, 7) is 4.53. The van der Waals surface area contributed by atoms with Gasteiger partial charge in [0, 0.05) is 17.8 Å². The molecular formula is C21H23ClN2O3. The first kappa shape index (κ1) is 19.2. The van der Waals surface area contributed by atoms with E-state index in [2.05, 4.69) is 5.32 Å². The minimum absolute atomic E-state index is 0.0980. The molecule has 0 fully saturated rings. The van der Waals surface area contributed by atoms with Gasteiger partial charge >= 0.3 is 0 Å². The Morgan fingerprint density at radius 1 is 1.26 bits per heavy atom. The van der Waals surface area contributed by atoms with Gasteiger partial charge in [0.15, 0.2) is 0 Å². The van der Waals surface area contributed by atoms with Crippen LogP contribution in [0.15, 0.2) is 42.5 Å². The zero-order valence-electron chi connectivity index (χ0n) is 15.7. The highest BCUT2D eigenvalue weighted by Gasteiger charge is 2.36. The third-order valence-corrected chi connectivity index (χ3v) is 4.94. The van der Waals surface area contributed by atoms with Crippen LogP contribution in [0.4, 0.5) is 5.69 Å². The van der Waals surface area contributed by atoms with E-state index >= 15 is 0 Å². The molecule has 27 heavy (non-hydrogen) atoms. The number of hydrogen-bond acceptors (Lipinski definition) is 3. The largest absolute Gasteiger partial charge is 0.495 e. The number of rotatable bonds is 6. The molecule has 6 heteroatoms. The smallest absolute Gasteiger partial charge is 0.255 e. The standard InChI is InChI=1S/C21H23ClN2O3/c1-13(2)10-18(24-12-14-6-4-5-7-16(14)21(24)26)20(25)23-15-8-9-19(27-3)17(22)11-15/h4-9,11,13,18H,10,12H2,1-3H3,(H,23,25)/t18-/m0/s1. The summed E-state index contributed by atoms with van der Waals surface area (Å²) < 4.78 is 5.14. The van der Waals surface area contributed by atoms with E-state index in [1.54, 1.807) is 23.1 Å². The Morgan fingerprint density at radius 2 is 2.00 bits per heavy atom. The molecule has 1 aliphatic rings. The molecule has 0 saturated carbocycles. The van der Waals surface area contributed by atoms with E-state index in [9.17, 15) is 9.59 Å². The zero-order chi connectivity index (χ0) is 19.6. The van der Waals surface area contributed by atoms with E-state index in [0.29, 0.717) is 35.0 Å². The van der Waals surface area contributed by atoms with Crippen LogP contribution in [-0.4, -0.2) is 29.9 Å². The van der Waals surface area contributed by atoms with Crippen LogP contribution < -0.4 is 10.1 Å². The van der Waals surface area contributed by atoms with Gasteiger partial charge in [-0.15, -0.1) is 0 Å². The fourth-order valence-corrected chi connectivity index (χ4v) is 3.58. The average Bonchev–Trinajstić information content (AvgIpc) is 2.96. The van der Waals surface area contributed by atoms with Crippen LogP contribution in [0.25, 0.3) is 0 Å². The van der Waals surface area contributed by atoms with Crippen molar-refractivity contribution < 1.29 is 14.3 Å². The lowest BCUT2D eigenvalue weighted by molar-refractivity contribution is -0.121. The van der Waals surface area contributed by atoms with Gasteiger partial charge in [-0.05, 0) is 42.2 Å². The number of anilines is 1. The van der Waals surface area contributed by atoms with E-state index in [0.717, 1.165) is 5.56 Å². The molecule has 0 spiro atoms. The average molecular weight is 387 g/mol. The van der Waals surface area contributed by atoms with Gasteiger partial charge in [0.25, 0.3) is 5.91 Å². The van der Waals surface area contributed by atoms with Gasteiger partial charge in [-0.25, -0.2) is 0 Å². The molecule has 0 unspecified atom stereocenters. The quantitative estimate of drug-likeness (QED) is 0.802. The van der Waals surface area contributed by atoms with Crippen LogP contribution in [0.5, 0.6) is 5.75 Å². The molecule has 0 saturated heterocycles. The molecule has 5 nitrogen and oxygen atoms in total. The van der Waals surface area contributed by atoms with Crippen LogP contribution in [0.3, 0.4) is 0 Å². The highest BCUT2D eigenvalue weighted by Crippen LogP contribution is 2.29. The summed E-state index contributed by atoms with van der Waals surface area (Å²) in [4.78, 5) is 27.5. The SMILES string of the molecule is COc1ccc(NC(=O)[C@H](CC(C)C)N2Cc3ccccc3C2=O)cc1Cl. The molecular weight excluding hydrogens is 364 g/mol. The number of carbonyl (C=O) groups excluding carboxylic acids is 2. The molecule has 2 aromatic carbocycles. The highest BCUT2D eigenvalue weighted by atomic mass is 35.5. The molecule has 1 aliphatic heterocycles. The van der Waals surface area contributed by atoms with Gasteiger partial charge in [-0.3, -0.25) is 9.59 Å². The van der Waals surface area contributed by atoms with Crippen LogP contribution in [-0.2, 0) is 11.3 Å². The number of methoxy groups -OCH3 is 1. The summed E-state index contributed by atoms with van der Waals surface area (Å²) in [5.74, 6) is 0.487. The van der Waals surface area contributed by atoms with Crippen molar-refractivity contribution in [3.63, 3.8) is 0 Å². The van der Waals surface area contributed by atoms with Gasteiger partial charge in [-0.2, -0.15) is 0 Å². The molecule has 2 amide bonds. The van der Waals surface area contributed by atoms with Gasteiger partial charge in [0.2, 0.25) is 5.91 Å². The molecule has 3 rings (SSSR count).